The van der Waals surface area contributed by atoms with Crippen LogP contribution in [0.15, 0.2) is 24.3 Å². The van der Waals surface area contributed by atoms with Crippen LogP contribution in [0.1, 0.15) is 18.9 Å². The van der Waals surface area contributed by atoms with Gasteiger partial charge in [0, 0.05) is 19.3 Å². The molecule has 5 nitrogen and oxygen atoms in total. The zero-order chi connectivity index (χ0) is 14.1. The van der Waals surface area contributed by atoms with Crippen LogP contribution in [0, 0.1) is 0 Å². The third-order valence-corrected chi connectivity index (χ3v) is 3.79. The summed E-state index contributed by atoms with van der Waals surface area (Å²) in [4.78, 5) is 0. The second-order valence-electron chi connectivity index (χ2n) is 4.29. The Morgan fingerprint density at radius 3 is 2.47 bits per heavy atom. The number of benzene rings is 1. The average molecular weight is 286 g/mol. The maximum Gasteiger partial charge on any atom is 0.234 e. The fourth-order valence-electron chi connectivity index (χ4n) is 1.52. The van der Waals surface area contributed by atoms with Crippen molar-refractivity contribution in [2.45, 2.75) is 19.9 Å². The van der Waals surface area contributed by atoms with Gasteiger partial charge in [-0.05, 0) is 30.7 Å². The van der Waals surface area contributed by atoms with E-state index in [1.165, 1.54) is 7.11 Å². The summed E-state index contributed by atoms with van der Waals surface area (Å²) in [5, 5.41) is 3.29. The maximum atomic E-state index is 11.7. The molecule has 2 N–H and O–H groups in total. The normalized spacial score (nSPS) is 11.5. The van der Waals surface area contributed by atoms with Crippen LogP contribution in [0.5, 0.6) is 0 Å². The predicted octanol–water partition coefficient (Wildman–Crippen LogP) is 1.57. The Hall–Kier alpha value is -1.11. The SMILES string of the molecule is CCCNCc1ccc(NS(=O)(=O)CCOC)cc1. The van der Waals surface area contributed by atoms with Crippen molar-refractivity contribution in [2.24, 2.45) is 0 Å². The standard InChI is InChI=1S/C13H22N2O3S/c1-3-8-14-11-12-4-6-13(7-5-12)15-19(16,17)10-9-18-2/h4-7,14-15H,3,8-11H2,1-2H3. The van der Waals surface area contributed by atoms with Gasteiger partial charge >= 0.3 is 0 Å². The summed E-state index contributed by atoms with van der Waals surface area (Å²) in [6, 6.07) is 7.37. The number of anilines is 1. The monoisotopic (exact) mass is 286 g/mol. The van der Waals surface area contributed by atoms with Crippen LogP contribution < -0.4 is 10.0 Å². The van der Waals surface area contributed by atoms with Crippen molar-refractivity contribution in [1.29, 1.82) is 0 Å². The van der Waals surface area contributed by atoms with E-state index in [1.54, 1.807) is 12.1 Å². The lowest BCUT2D eigenvalue weighted by Gasteiger charge is -2.08. The molecule has 0 unspecified atom stereocenters. The van der Waals surface area contributed by atoms with Gasteiger partial charge in [0.1, 0.15) is 0 Å². The van der Waals surface area contributed by atoms with Gasteiger partial charge in [-0.2, -0.15) is 0 Å². The number of rotatable bonds is 9. The molecule has 0 amide bonds. The molecule has 108 valence electrons. The zero-order valence-electron chi connectivity index (χ0n) is 11.5. The molecule has 0 spiro atoms. The van der Waals surface area contributed by atoms with Crippen molar-refractivity contribution in [3.05, 3.63) is 29.8 Å². The summed E-state index contributed by atoms with van der Waals surface area (Å²) in [5.41, 5.74) is 1.71. The molecule has 0 fully saturated rings. The Bertz CT molecular complexity index is 457. The van der Waals surface area contributed by atoms with Crippen molar-refractivity contribution in [1.82, 2.24) is 5.32 Å². The lowest BCUT2D eigenvalue weighted by molar-refractivity contribution is 0.217. The Labute approximate surface area is 115 Å². The molecule has 0 saturated heterocycles. The lowest BCUT2D eigenvalue weighted by atomic mass is 10.2. The van der Waals surface area contributed by atoms with E-state index in [0.717, 1.165) is 25.1 Å². The number of hydrogen-bond donors (Lipinski definition) is 2. The third-order valence-electron chi connectivity index (χ3n) is 2.54. The first-order valence-corrected chi connectivity index (χ1v) is 8.01. The van der Waals surface area contributed by atoms with Gasteiger partial charge in [-0.15, -0.1) is 0 Å². The fourth-order valence-corrected chi connectivity index (χ4v) is 2.51. The van der Waals surface area contributed by atoms with Gasteiger partial charge in [0.25, 0.3) is 0 Å². The van der Waals surface area contributed by atoms with Gasteiger partial charge in [-0.1, -0.05) is 19.1 Å². The van der Waals surface area contributed by atoms with Crippen LogP contribution in [0.3, 0.4) is 0 Å². The summed E-state index contributed by atoms with van der Waals surface area (Å²) >= 11 is 0. The highest BCUT2D eigenvalue weighted by Crippen LogP contribution is 2.11. The molecular weight excluding hydrogens is 264 g/mol. The van der Waals surface area contributed by atoms with Crippen molar-refractivity contribution in [3.63, 3.8) is 0 Å². The van der Waals surface area contributed by atoms with Crippen LogP contribution in [0.25, 0.3) is 0 Å². The van der Waals surface area contributed by atoms with Gasteiger partial charge in [0.2, 0.25) is 10.0 Å². The van der Waals surface area contributed by atoms with Gasteiger partial charge < -0.3 is 10.1 Å². The minimum atomic E-state index is -3.32. The van der Waals surface area contributed by atoms with Crippen LogP contribution >= 0.6 is 0 Å². The molecule has 0 aliphatic heterocycles. The quantitative estimate of drug-likeness (QED) is 0.676. The predicted molar refractivity (Wildman–Crippen MR) is 77.7 cm³/mol. The Morgan fingerprint density at radius 2 is 1.89 bits per heavy atom. The van der Waals surface area contributed by atoms with Gasteiger partial charge in [-0.25, -0.2) is 8.42 Å². The first kappa shape index (κ1) is 15.9. The summed E-state index contributed by atoms with van der Waals surface area (Å²) < 4.78 is 30.6. The summed E-state index contributed by atoms with van der Waals surface area (Å²) in [7, 11) is -1.84. The minimum Gasteiger partial charge on any atom is -0.384 e. The van der Waals surface area contributed by atoms with E-state index in [9.17, 15) is 8.42 Å². The number of sulfonamides is 1. The largest absolute Gasteiger partial charge is 0.384 e. The second-order valence-corrected chi connectivity index (χ2v) is 6.13. The number of methoxy groups -OCH3 is 1. The highest BCUT2D eigenvalue weighted by molar-refractivity contribution is 7.92. The topological polar surface area (TPSA) is 67.4 Å². The summed E-state index contributed by atoms with van der Waals surface area (Å²) in [5.74, 6) is -0.0384. The summed E-state index contributed by atoms with van der Waals surface area (Å²) in [6.45, 7) is 4.08. The van der Waals surface area contributed by atoms with E-state index in [-0.39, 0.29) is 12.4 Å². The summed E-state index contributed by atoms with van der Waals surface area (Å²) in [6.07, 6.45) is 1.09. The molecular formula is C13H22N2O3S. The molecule has 0 atom stereocenters. The molecule has 0 saturated carbocycles. The Balaban J connectivity index is 2.52. The highest BCUT2D eigenvalue weighted by atomic mass is 32.2. The average Bonchev–Trinajstić information content (AvgIpc) is 2.38. The molecule has 1 aromatic carbocycles. The fraction of sp³-hybridized carbons (Fsp3) is 0.538. The second kappa shape index (κ2) is 8.14. The van der Waals surface area contributed by atoms with E-state index in [1.807, 2.05) is 12.1 Å². The molecule has 19 heavy (non-hydrogen) atoms. The van der Waals surface area contributed by atoms with Crippen molar-refractivity contribution in [3.8, 4) is 0 Å². The maximum absolute atomic E-state index is 11.7. The molecule has 0 radical (unpaired) electrons. The van der Waals surface area contributed by atoms with Crippen LogP contribution in [-0.4, -0.2) is 34.4 Å². The molecule has 0 aliphatic rings. The molecule has 1 aromatic rings. The van der Waals surface area contributed by atoms with Crippen LogP contribution in [0.4, 0.5) is 5.69 Å². The van der Waals surface area contributed by atoms with E-state index in [0.29, 0.717) is 5.69 Å². The smallest absolute Gasteiger partial charge is 0.234 e. The molecule has 6 heteroatoms. The number of nitrogens with one attached hydrogen (secondary N) is 2. The Morgan fingerprint density at radius 1 is 1.21 bits per heavy atom. The Kier molecular flexibility index (Phi) is 6.83. The minimum absolute atomic E-state index is 0.0384. The number of hydrogen-bond acceptors (Lipinski definition) is 4. The van der Waals surface area contributed by atoms with Crippen LogP contribution in [-0.2, 0) is 21.3 Å². The van der Waals surface area contributed by atoms with Gasteiger partial charge in [-0.3, -0.25) is 4.72 Å². The van der Waals surface area contributed by atoms with Crippen molar-refractivity contribution < 1.29 is 13.2 Å². The highest BCUT2D eigenvalue weighted by Gasteiger charge is 2.09. The van der Waals surface area contributed by atoms with Crippen molar-refractivity contribution >= 4 is 15.7 Å². The first-order valence-electron chi connectivity index (χ1n) is 6.36. The lowest BCUT2D eigenvalue weighted by Crippen LogP contribution is -2.19. The van der Waals surface area contributed by atoms with E-state index >= 15 is 0 Å². The molecule has 0 heterocycles. The van der Waals surface area contributed by atoms with E-state index in [4.69, 9.17) is 4.74 Å². The van der Waals surface area contributed by atoms with E-state index in [2.05, 4.69) is 17.0 Å². The van der Waals surface area contributed by atoms with Crippen LogP contribution in [0.2, 0.25) is 0 Å². The van der Waals surface area contributed by atoms with Gasteiger partial charge in [0.15, 0.2) is 0 Å². The molecule has 0 aromatic heterocycles. The molecule has 0 aliphatic carbocycles. The molecule has 0 bridgehead atoms. The third kappa shape index (κ3) is 6.56. The van der Waals surface area contributed by atoms with Gasteiger partial charge in [0.05, 0.1) is 12.4 Å². The van der Waals surface area contributed by atoms with E-state index < -0.39 is 10.0 Å². The number of ether oxygens (including phenoxy) is 1. The first-order chi connectivity index (χ1) is 9.07. The van der Waals surface area contributed by atoms with Crippen molar-refractivity contribution in [2.75, 3.05) is 30.7 Å². The molecule has 1 rings (SSSR count). The zero-order valence-corrected chi connectivity index (χ0v) is 12.3.